The molecule has 1 aromatic rings. The third-order valence-corrected chi connectivity index (χ3v) is 7.62. The number of carbonyl (C=O) groups is 3. The molecule has 1 saturated heterocycles. The van der Waals surface area contributed by atoms with E-state index < -0.39 is 14.1 Å². The summed E-state index contributed by atoms with van der Waals surface area (Å²) in [6.45, 7) is 7.53. The summed E-state index contributed by atoms with van der Waals surface area (Å²) in [5.74, 6) is -0.386. The van der Waals surface area contributed by atoms with Crippen LogP contribution in [0.1, 0.15) is 28.8 Å². The predicted molar refractivity (Wildman–Crippen MR) is 114 cm³/mol. The Morgan fingerprint density at radius 3 is 2.59 bits per heavy atom. The molecule has 158 valence electrons. The number of likely N-dealkylation sites (tertiary alicyclic amines) is 1. The standard InChI is InChI=1S/C20H27BrN2O5Si/c1-27-18-14(21)6-5-13-11-22(20(26)17(13)18)15-7-8-16(24)23(19(15)25)12-28-9-10-29(2,3)4/h5-6,15H,7-12H2,1-4H3. The minimum absolute atomic E-state index is 0.0531. The second kappa shape index (κ2) is 8.57. The lowest BCUT2D eigenvalue weighted by Crippen LogP contribution is -2.55. The molecule has 3 rings (SSSR count). The second-order valence-electron chi connectivity index (χ2n) is 8.61. The van der Waals surface area contributed by atoms with Crippen molar-refractivity contribution < 1.29 is 23.9 Å². The molecule has 9 heteroatoms. The van der Waals surface area contributed by atoms with Gasteiger partial charge in [0, 0.05) is 27.6 Å². The van der Waals surface area contributed by atoms with Crippen molar-refractivity contribution in [2.75, 3.05) is 20.4 Å². The number of amides is 3. The van der Waals surface area contributed by atoms with Crippen LogP contribution < -0.4 is 4.74 Å². The van der Waals surface area contributed by atoms with Crippen molar-refractivity contribution in [2.24, 2.45) is 0 Å². The number of piperidine rings is 1. The van der Waals surface area contributed by atoms with Gasteiger partial charge in [0.25, 0.3) is 11.8 Å². The van der Waals surface area contributed by atoms with E-state index in [0.29, 0.717) is 35.4 Å². The highest BCUT2D eigenvalue weighted by molar-refractivity contribution is 9.10. The van der Waals surface area contributed by atoms with E-state index in [2.05, 4.69) is 35.6 Å². The smallest absolute Gasteiger partial charge is 0.259 e. The molecule has 2 aliphatic heterocycles. The summed E-state index contributed by atoms with van der Waals surface area (Å²) >= 11 is 3.40. The van der Waals surface area contributed by atoms with Crippen LogP contribution in [0.25, 0.3) is 0 Å². The van der Waals surface area contributed by atoms with Crippen LogP contribution in [-0.4, -0.2) is 62.1 Å². The van der Waals surface area contributed by atoms with Crippen molar-refractivity contribution in [3.8, 4) is 5.75 Å². The SMILES string of the molecule is COc1c(Br)ccc2c1C(=O)N(C1CCC(=O)N(COCC[Si](C)(C)C)C1=O)C2. The molecule has 0 saturated carbocycles. The number of imide groups is 1. The van der Waals surface area contributed by atoms with Gasteiger partial charge in [-0.15, -0.1) is 0 Å². The van der Waals surface area contributed by atoms with Crippen LogP contribution in [0.15, 0.2) is 16.6 Å². The molecule has 0 aliphatic carbocycles. The first-order valence-corrected chi connectivity index (χ1v) is 14.2. The molecule has 0 N–H and O–H groups in total. The zero-order valence-electron chi connectivity index (χ0n) is 17.3. The highest BCUT2D eigenvalue weighted by Gasteiger charge is 2.44. The van der Waals surface area contributed by atoms with Gasteiger partial charge in [0.05, 0.1) is 17.1 Å². The van der Waals surface area contributed by atoms with Gasteiger partial charge in [0.1, 0.15) is 18.5 Å². The third kappa shape index (κ3) is 4.56. The van der Waals surface area contributed by atoms with E-state index in [9.17, 15) is 14.4 Å². The Labute approximate surface area is 180 Å². The molecule has 0 radical (unpaired) electrons. The molecular formula is C20H27BrN2O5Si. The Hall–Kier alpha value is -1.71. The largest absolute Gasteiger partial charge is 0.495 e. The summed E-state index contributed by atoms with van der Waals surface area (Å²) in [6, 6.07) is 3.98. The Balaban J connectivity index is 1.72. The molecule has 0 aromatic heterocycles. The molecule has 3 amide bonds. The molecule has 2 heterocycles. The number of nitrogens with zero attached hydrogens (tertiary/aromatic N) is 2. The average Bonchev–Trinajstić information content (AvgIpc) is 2.97. The summed E-state index contributed by atoms with van der Waals surface area (Å²) in [4.78, 5) is 41.1. The quantitative estimate of drug-likeness (QED) is 0.338. The van der Waals surface area contributed by atoms with E-state index in [-0.39, 0.29) is 30.9 Å². The highest BCUT2D eigenvalue weighted by atomic mass is 79.9. The Morgan fingerprint density at radius 2 is 1.93 bits per heavy atom. The summed E-state index contributed by atoms with van der Waals surface area (Å²) in [5.41, 5.74) is 1.29. The number of halogens is 1. The molecule has 1 unspecified atom stereocenters. The molecule has 29 heavy (non-hydrogen) atoms. The maximum absolute atomic E-state index is 13.1. The van der Waals surface area contributed by atoms with Crippen molar-refractivity contribution in [3.63, 3.8) is 0 Å². The Kier molecular flexibility index (Phi) is 6.50. The summed E-state index contributed by atoms with van der Waals surface area (Å²) < 4.78 is 11.7. The van der Waals surface area contributed by atoms with Gasteiger partial charge in [-0.3, -0.25) is 19.3 Å². The minimum atomic E-state index is -1.25. The fourth-order valence-corrected chi connectivity index (χ4v) is 4.84. The molecule has 7 nitrogen and oxygen atoms in total. The molecule has 1 aromatic carbocycles. The fraction of sp³-hybridized carbons (Fsp3) is 0.550. The van der Waals surface area contributed by atoms with Gasteiger partial charge in [-0.1, -0.05) is 25.7 Å². The van der Waals surface area contributed by atoms with E-state index in [4.69, 9.17) is 9.47 Å². The summed E-state index contributed by atoms with van der Waals surface area (Å²) in [7, 11) is 0.260. The minimum Gasteiger partial charge on any atom is -0.495 e. The second-order valence-corrected chi connectivity index (χ2v) is 15.1. The zero-order chi connectivity index (χ0) is 21.3. The van der Waals surface area contributed by atoms with Crippen molar-refractivity contribution in [2.45, 2.75) is 51.1 Å². The third-order valence-electron chi connectivity index (χ3n) is 5.29. The number of fused-ring (bicyclic) bond motifs is 1. The first-order valence-electron chi connectivity index (χ1n) is 9.72. The highest BCUT2D eigenvalue weighted by Crippen LogP contribution is 2.38. The van der Waals surface area contributed by atoms with Crippen molar-refractivity contribution in [1.29, 1.82) is 0 Å². The number of methoxy groups -OCH3 is 1. The molecular weight excluding hydrogens is 456 g/mol. The monoisotopic (exact) mass is 482 g/mol. The number of benzene rings is 1. The van der Waals surface area contributed by atoms with Crippen LogP contribution in [0.3, 0.4) is 0 Å². The molecule has 1 fully saturated rings. The lowest BCUT2D eigenvalue weighted by Gasteiger charge is -2.35. The van der Waals surface area contributed by atoms with Gasteiger partial charge in [-0.05, 0) is 40.0 Å². The molecule has 0 bridgehead atoms. The molecule has 0 spiro atoms. The van der Waals surface area contributed by atoms with Gasteiger partial charge < -0.3 is 14.4 Å². The number of carbonyl (C=O) groups excluding carboxylic acids is 3. The van der Waals surface area contributed by atoms with E-state index in [1.165, 1.54) is 7.11 Å². The van der Waals surface area contributed by atoms with Gasteiger partial charge in [-0.2, -0.15) is 0 Å². The van der Waals surface area contributed by atoms with E-state index in [1.54, 1.807) is 4.90 Å². The van der Waals surface area contributed by atoms with Gasteiger partial charge in [-0.25, -0.2) is 0 Å². The van der Waals surface area contributed by atoms with Gasteiger partial charge >= 0.3 is 0 Å². The van der Waals surface area contributed by atoms with Crippen LogP contribution in [0, 0.1) is 0 Å². The Morgan fingerprint density at radius 1 is 1.21 bits per heavy atom. The zero-order valence-corrected chi connectivity index (χ0v) is 19.9. The first kappa shape index (κ1) is 22.0. The van der Waals surface area contributed by atoms with Gasteiger partial charge in [0.2, 0.25) is 5.91 Å². The van der Waals surface area contributed by atoms with Crippen molar-refractivity contribution in [1.82, 2.24) is 9.80 Å². The topological polar surface area (TPSA) is 76.2 Å². The summed E-state index contributed by atoms with van der Waals surface area (Å²) in [6.07, 6.45) is 0.543. The lowest BCUT2D eigenvalue weighted by molar-refractivity contribution is -0.158. The van der Waals surface area contributed by atoms with Crippen molar-refractivity contribution >= 4 is 41.7 Å². The van der Waals surface area contributed by atoms with Crippen LogP contribution in [0.5, 0.6) is 5.75 Å². The Bertz CT molecular complexity index is 839. The predicted octanol–water partition coefficient (Wildman–Crippen LogP) is 3.24. The summed E-state index contributed by atoms with van der Waals surface area (Å²) in [5, 5.41) is 0. The molecule has 1 atom stereocenters. The van der Waals surface area contributed by atoms with Gasteiger partial charge in [0.15, 0.2) is 0 Å². The number of hydrogen-bond donors (Lipinski definition) is 0. The van der Waals surface area contributed by atoms with Crippen LogP contribution >= 0.6 is 15.9 Å². The maximum Gasteiger partial charge on any atom is 0.259 e. The van der Waals surface area contributed by atoms with E-state index in [0.717, 1.165) is 16.5 Å². The van der Waals surface area contributed by atoms with E-state index in [1.807, 2.05) is 12.1 Å². The van der Waals surface area contributed by atoms with Crippen molar-refractivity contribution in [3.05, 3.63) is 27.7 Å². The number of hydrogen-bond acceptors (Lipinski definition) is 5. The average molecular weight is 483 g/mol. The van der Waals surface area contributed by atoms with E-state index >= 15 is 0 Å². The molecule has 2 aliphatic rings. The van der Waals surface area contributed by atoms with Crippen LogP contribution in [-0.2, 0) is 20.9 Å². The normalized spacial score (nSPS) is 19.8. The first-order chi connectivity index (χ1) is 13.6. The maximum atomic E-state index is 13.1. The van der Waals surface area contributed by atoms with Crippen LogP contribution in [0.4, 0.5) is 0 Å². The number of rotatable bonds is 7. The van der Waals surface area contributed by atoms with Crippen LogP contribution in [0.2, 0.25) is 25.7 Å². The fourth-order valence-electron chi connectivity index (χ4n) is 3.59. The number of ether oxygens (including phenoxy) is 2. The lowest BCUT2D eigenvalue weighted by atomic mass is 10.0.